The zero-order valence-corrected chi connectivity index (χ0v) is 26.4. The molecule has 2 heterocycles. The highest BCUT2D eigenvalue weighted by molar-refractivity contribution is 6.74. The summed E-state index contributed by atoms with van der Waals surface area (Å²) in [5.41, 5.74) is 2.38. The summed E-state index contributed by atoms with van der Waals surface area (Å²) in [6.45, 7) is 11.1. The third-order valence-electron chi connectivity index (χ3n) is 8.72. The first-order valence-electron chi connectivity index (χ1n) is 14.7. The van der Waals surface area contributed by atoms with Crippen LogP contribution in [-0.2, 0) is 31.9 Å². The van der Waals surface area contributed by atoms with Crippen LogP contribution in [0.5, 0.6) is 0 Å². The van der Waals surface area contributed by atoms with Crippen molar-refractivity contribution in [3.8, 4) is 0 Å². The van der Waals surface area contributed by atoms with Gasteiger partial charge in [0.2, 0.25) is 0 Å². The Morgan fingerprint density at radius 1 is 0.791 bits per heavy atom. The smallest absolute Gasteiger partial charge is 0.262 e. The van der Waals surface area contributed by atoms with Gasteiger partial charge in [0.05, 0.1) is 30.9 Å². The number of carbonyl (C=O) groups is 2. The summed E-state index contributed by atoms with van der Waals surface area (Å²) in [4.78, 5) is 28.6. The van der Waals surface area contributed by atoms with E-state index in [9.17, 15) is 14.7 Å². The van der Waals surface area contributed by atoms with E-state index in [2.05, 4.69) is 33.9 Å². The minimum absolute atomic E-state index is 0.0538. The molecule has 1 N–H and O–H groups in total. The second-order valence-corrected chi connectivity index (χ2v) is 17.5. The molecule has 2 aliphatic heterocycles. The lowest BCUT2D eigenvalue weighted by molar-refractivity contribution is -0.290. The SMILES string of the molecule is CC(C)(C)[Si](C)(C)OC[C@H]1O[C@@H](OCc2ccccc2)[C@H](N2C(=O)c3ccccc3C2=O)[C@@H](OCc2ccccc2)[C@@H]1O. The second kappa shape index (κ2) is 12.8. The van der Waals surface area contributed by atoms with Crippen molar-refractivity contribution in [1.29, 1.82) is 0 Å². The predicted molar refractivity (Wildman–Crippen MR) is 165 cm³/mol. The van der Waals surface area contributed by atoms with E-state index in [1.54, 1.807) is 24.3 Å². The van der Waals surface area contributed by atoms with E-state index in [0.717, 1.165) is 16.0 Å². The van der Waals surface area contributed by atoms with Crippen LogP contribution in [0, 0.1) is 0 Å². The molecular formula is C34H41NO7Si. The highest BCUT2D eigenvalue weighted by Crippen LogP contribution is 2.39. The quantitative estimate of drug-likeness (QED) is 0.240. The Hall–Kier alpha value is -3.18. The molecule has 0 spiro atoms. The minimum atomic E-state index is -2.20. The molecule has 0 radical (unpaired) electrons. The molecule has 9 heteroatoms. The fraction of sp³-hybridized carbons (Fsp3) is 0.412. The summed E-state index contributed by atoms with van der Waals surface area (Å²) in [7, 11) is -2.20. The van der Waals surface area contributed by atoms with Crippen molar-refractivity contribution in [3.05, 3.63) is 107 Å². The lowest BCUT2D eigenvalue weighted by Crippen LogP contribution is -2.66. The van der Waals surface area contributed by atoms with Gasteiger partial charge in [0.25, 0.3) is 11.8 Å². The monoisotopic (exact) mass is 603 g/mol. The number of imide groups is 1. The third kappa shape index (κ3) is 6.67. The van der Waals surface area contributed by atoms with E-state index in [4.69, 9.17) is 18.6 Å². The van der Waals surface area contributed by atoms with Crippen molar-refractivity contribution in [1.82, 2.24) is 4.90 Å². The summed E-state index contributed by atoms with van der Waals surface area (Å²) in [5, 5.41) is 11.8. The van der Waals surface area contributed by atoms with Gasteiger partial charge in [0, 0.05) is 0 Å². The van der Waals surface area contributed by atoms with Crippen molar-refractivity contribution >= 4 is 20.1 Å². The van der Waals surface area contributed by atoms with Gasteiger partial charge in [-0.05, 0) is 41.4 Å². The maximum Gasteiger partial charge on any atom is 0.262 e. The van der Waals surface area contributed by atoms with E-state index in [0.29, 0.717) is 11.1 Å². The highest BCUT2D eigenvalue weighted by Gasteiger charge is 2.55. The second-order valence-electron chi connectivity index (χ2n) is 12.7. The van der Waals surface area contributed by atoms with Crippen LogP contribution in [0.2, 0.25) is 18.1 Å². The van der Waals surface area contributed by atoms with Crippen LogP contribution in [0.1, 0.15) is 52.6 Å². The van der Waals surface area contributed by atoms with Crippen LogP contribution in [0.15, 0.2) is 84.9 Å². The number of hydrogen-bond acceptors (Lipinski definition) is 7. The molecule has 3 aromatic rings. The number of nitrogens with zero attached hydrogens (tertiary/aromatic N) is 1. The Morgan fingerprint density at radius 2 is 1.28 bits per heavy atom. The molecule has 0 bridgehead atoms. The molecule has 0 unspecified atom stereocenters. The normalized spacial score (nSPS) is 24.3. The Kier molecular flexibility index (Phi) is 9.31. The molecule has 2 amide bonds. The maximum absolute atomic E-state index is 13.7. The summed E-state index contributed by atoms with van der Waals surface area (Å²) >= 11 is 0. The van der Waals surface area contributed by atoms with Crippen LogP contribution in [0.25, 0.3) is 0 Å². The van der Waals surface area contributed by atoms with Crippen molar-refractivity contribution in [2.24, 2.45) is 0 Å². The number of aliphatic hydroxyl groups excluding tert-OH is 1. The molecule has 3 aromatic carbocycles. The van der Waals surface area contributed by atoms with E-state index in [-0.39, 0.29) is 24.9 Å². The van der Waals surface area contributed by atoms with Gasteiger partial charge in [-0.1, -0.05) is 93.6 Å². The number of amides is 2. The summed E-state index contributed by atoms with van der Waals surface area (Å²) in [5.74, 6) is -0.946. The largest absolute Gasteiger partial charge is 0.414 e. The first-order valence-corrected chi connectivity index (χ1v) is 17.6. The molecule has 0 aliphatic carbocycles. The number of ether oxygens (including phenoxy) is 3. The first kappa shape index (κ1) is 31.2. The number of aliphatic hydroxyl groups is 1. The standard InChI is InChI=1S/C34H41NO7Si/c1-34(2,3)43(4,5)41-22-27-29(36)30(39-20-23-14-8-6-9-15-23)28(33(42-27)40-21-24-16-10-7-11-17-24)35-31(37)25-18-12-13-19-26(25)32(35)38/h6-19,27-30,33,36H,20-22H2,1-5H3/t27-,28-,29-,30-,33-/m1/s1. The lowest BCUT2D eigenvalue weighted by atomic mass is 9.95. The van der Waals surface area contributed by atoms with Gasteiger partial charge in [-0.15, -0.1) is 0 Å². The molecular weight excluding hydrogens is 562 g/mol. The van der Waals surface area contributed by atoms with E-state index in [1.807, 2.05) is 60.7 Å². The predicted octanol–water partition coefficient (Wildman–Crippen LogP) is 5.56. The van der Waals surface area contributed by atoms with Gasteiger partial charge >= 0.3 is 0 Å². The number of rotatable bonds is 10. The zero-order valence-electron chi connectivity index (χ0n) is 25.4. The third-order valence-corrected chi connectivity index (χ3v) is 13.2. The van der Waals surface area contributed by atoms with Crippen molar-refractivity contribution in [2.45, 2.75) is 82.8 Å². The van der Waals surface area contributed by atoms with E-state index >= 15 is 0 Å². The average molecular weight is 604 g/mol. The van der Waals surface area contributed by atoms with Gasteiger partial charge in [0.1, 0.15) is 24.4 Å². The molecule has 5 atom stereocenters. The van der Waals surface area contributed by atoms with Gasteiger partial charge in [0.15, 0.2) is 14.6 Å². The maximum atomic E-state index is 13.7. The number of fused-ring (bicyclic) bond motifs is 1. The first-order chi connectivity index (χ1) is 20.5. The van der Waals surface area contributed by atoms with Crippen LogP contribution in [-0.4, -0.2) is 67.4 Å². The van der Waals surface area contributed by atoms with Crippen LogP contribution in [0.4, 0.5) is 0 Å². The van der Waals surface area contributed by atoms with E-state index in [1.165, 1.54) is 0 Å². The molecule has 1 fully saturated rings. The number of benzene rings is 3. The summed E-state index contributed by atoms with van der Waals surface area (Å²) in [6, 6.07) is 24.8. The minimum Gasteiger partial charge on any atom is -0.414 e. The Bertz CT molecular complexity index is 1370. The van der Waals surface area contributed by atoms with E-state index < -0.39 is 50.8 Å². The Balaban J connectivity index is 1.50. The Labute approximate surface area is 254 Å². The van der Waals surface area contributed by atoms with Crippen molar-refractivity contribution in [3.63, 3.8) is 0 Å². The summed E-state index contributed by atoms with van der Waals surface area (Å²) in [6.07, 6.45) is -4.12. The van der Waals surface area contributed by atoms with Crippen molar-refractivity contribution < 1.29 is 33.3 Å². The van der Waals surface area contributed by atoms with Gasteiger partial charge in [-0.25, -0.2) is 0 Å². The van der Waals surface area contributed by atoms with Gasteiger partial charge < -0.3 is 23.7 Å². The molecule has 2 aliphatic rings. The van der Waals surface area contributed by atoms with Crippen LogP contribution < -0.4 is 0 Å². The number of carbonyl (C=O) groups excluding carboxylic acids is 2. The molecule has 5 rings (SSSR count). The molecule has 0 aromatic heterocycles. The van der Waals surface area contributed by atoms with Crippen LogP contribution in [0.3, 0.4) is 0 Å². The molecule has 1 saturated heterocycles. The highest BCUT2D eigenvalue weighted by atomic mass is 28.4. The van der Waals surface area contributed by atoms with Crippen LogP contribution >= 0.6 is 0 Å². The topological polar surface area (TPSA) is 94.5 Å². The fourth-order valence-corrected chi connectivity index (χ4v) is 6.16. The molecule has 43 heavy (non-hydrogen) atoms. The summed E-state index contributed by atoms with van der Waals surface area (Å²) < 4.78 is 25.7. The molecule has 0 saturated carbocycles. The van der Waals surface area contributed by atoms with Crippen molar-refractivity contribution in [2.75, 3.05) is 6.61 Å². The zero-order chi connectivity index (χ0) is 30.8. The fourth-order valence-electron chi connectivity index (χ4n) is 5.15. The van der Waals surface area contributed by atoms with Gasteiger partial charge in [-0.3, -0.25) is 14.5 Å². The van der Waals surface area contributed by atoms with Gasteiger partial charge in [-0.2, -0.15) is 0 Å². The average Bonchev–Trinajstić information content (AvgIpc) is 3.24. The Morgan fingerprint density at radius 3 is 1.79 bits per heavy atom. The lowest BCUT2D eigenvalue weighted by Gasteiger charge is -2.47. The molecule has 8 nitrogen and oxygen atoms in total. The number of hydrogen-bond donors (Lipinski definition) is 1. The molecule has 228 valence electrons.